The molecule has 1 amide bonds. The molecule has 0 unspecified atom stereocenters. The molecule has 8 nitrogen and oxygen atoms in total. The van der Waals surface area contributed by atoms with Gasteiger partial charge in [-0.25, -0.2) is 9.97 Å². The standard InChI is InChI=1S/C28H33N5O3/c1-17-13-22(36-6)14-18(2)25(17)23-16-33(4)27-26(23)31-19(3)32-28(27)30-12-11-29-24(34)15-20-7-9-21(35-5)10-8-20/h7-10,13-14,16H,11-12,15H2,1-6H3,(H,29,34)(H,30,31,32). The lowest BCUT2D eigenvalue weighted by molar-refractivity contribution is -0.120. The summed E-state index contributed by atoms with van der Waals surface area (Å²) in [5.41, 5.74) is 7.23. The van der Waals surface area contributed by atoms with E-state index < -0.39 is 0 Å². The molecule has 0 aliphatic rings. The van der Waals surface area contributed by atoms with E-state index in [2.05, 4.69) is 40.2 Å². The number of methoxy groups -OCH3 is 2. The summed E-state index contributed by atoms with van der Waals surface area (Å²) in [5.74, 6) is 3.02. The van der Waals surface area contributed by atoms with Crippen LogP contribution in [0.25, 0.3) is 22.2 Å². The highest BCUT2D eigenvalue weighted by Crippen LogP contribution is 2.37. The van der Waals surface area contributed by atoms with Crippen molar-refractivity contribution in [3.63, 3.8) is 0 Å². The second-order valence-corrected chi connectivity index (χ2v) is 8.91. The molecule has 0 spiro atoms. The Morgan fingerprint density at radius 2 is 1.61 bits per heavy atom. The van der Waals surface area contributed by atoms with Crippen LogP contribution in [0.15, 0.2) is 42.6 Å². The molecule has 0 radical (unpaired) electrons. The normalized spacial score (nSPS) is 10.9. The van der Waals surface area contributed by atoms with Crippen LogP contribution in [0, 0.1) is 20.8 Å². The monoisotopic (exact) mass is 487 g/mol. The molecule has 2 aromatic carbocycles. The summed E-state index contributed by atoms with van der Waals surface area (Å²) in [5, 5.41) is 6.36. The topological polar surface area (TPSA) is 90.3 Å². The fourth-order valence-corrected chi connectivity index (χ4v) is 4.55. The maximum Gasteiger partial charge on any atom is 0.224 e. The number of rotatable bonds is 9. The molecule has 4 aromatic rings. The lowest BCUT2D eigenvalue weighted by atomic mass is 9.96. The van der Waals surface area contributed by atoms with Crippen molar-refractivity contribution in [3.8, 4) is 22.6 Å². The van der Waals surface area contributed by atoms with Crippen molar-refractivity contribution in [1.29, 1.82) is 0 Å². The van der Waals surface area contributed by atoms with Gasteiger partial charge in [-0.05, 0) is 67.3 Å². The zero-order valence-electron chi connectivity index (χ0n) is 21.7. The highest BCUT2D eigenvalue weighted by atomic mass is 16.5. The van der Waals surface area contributed by atoms with E-state index in [9.17, 15) is 4.79 Å². The number of nitrogens with one attached hydrogen (secondary N) is 2. The highest BCUT2D eigenvalue weighted by molar-refractivity contribution is 5.99. The van der Waals surface area contributed by atoms with Crippen LogP contribution in [0.1, 0.15) is 22.5 Å². The van der Waals surface area contributed by atoms with E-state index in [4.69, 9.17) is 14.5 Å². The van der Waals surface area contributed by atoms with Crippen molar-refractivity contribution >= 4 is 22.8 Å². The van der Waals surface area contributed by atoms with Crippen LogP contribution < -0.4 is 20.1 Å². The molecule has 4 rings (SSSR count). The Hall–Kier alpha value is -4.07. The van der Waals surface area contributed by atoms with Crippen LogP contribution in [0.3, 0.4) is 0 Å². The Bertz CT molecular complexity index is 1370. The van der Waals surface area contributed by atoms with Crippen molar-refractivity contribution in [3.05, 3.63) is 65.1 Å². The van der Waals surface area contributed by atoms with Gasteiger partial charge in [0.05, 0.1) is 20.6 Å². The van der Waals surface area contributed by atoms with Gasteiger partial charge in [-0.15, -0.1) is 0 Å². The maximum atomic E-state index is 12.4. The molecule has 0 atom stereocenters. The van der Waals surface area contributed by atoms with Crippen LogP contribution in [0.5, 0.6) is 11.5 Å². The molecule has 2 aromatic heterocycles. The Kier molecular flexibility index (Phi) is 7.43. The number of nitrogens with zero attached hydrogens (tertiary/aromatic N) is 3. The first-order valence-electron chi connectivity index (χ1n) is 11.9. The number of hydrogen-bond donors (Lipinski definition) is 2. The van der Waals surface area contributed by atoms with Crippen LogP contribution in [0.2, 0.25) is 0 Å². The van der Waals surface area contributed by atoms with E-state index in [1.165, 1.54) is 0 Å². The molecule has 0 saturated heterocycles. The predicted octanol–water partition coefficient (Wildman–Crippen LogP) is 4.35. The number of aromatic nitrogens is 3. The van der Waals surface area contributed by atoms with Crippen LogP contribution in [0.4, 0.5) is 5.82 Å². The molecule has 2 N–H and O–H groups in total. The summed E-state index contributed by atoms with van der Waals surface area (Å²) < 4.78 is 12.7. The first-order valence-corrected chi connectivity index (χ1v) is 11.9. The smallest absolute Gasteiger partial charge is 0.224 e. The number of anilines is 1. The zero-order valence-corrected chi connectivity index (χ0v) is 21.7. The average Bonchev–Trinajstić information content (AvgIpc) is 3.17. The minimum absolute atomic E-state index is 0.0300. The quantitative estimate of drug-likeness (QED) is 0.341. The molecule has 0 saturated carbocycles. The lowest BCUT2D eigenvalue weighted by Crippen LogP contribution is -2.30. The summed E-state index contributed by atoms with van der Waals surface area (Å²) in [4.78, 5) is 21.8. The summed E-state index contributed by atoms with van der Waals surface area (Å²) in [6, 6.07) is 11.6. The van der Waals surface area contributed by atoms with Gasteiger partial charge in [0.25, 0.3) is 0 Å². The summed E-state index contributed by atoms with van der Waals surface area (Å²) >= 11 is 0. The Labute approximate surface area is 211 Å². The Morgan fingerprint density at radius 3 is 2.25 bits per heavy atom. The van der Waals surface area contributed by atoms with Crippen molar-refractivity contribution in [2.75, 3.05) is 32.6 Å². The molecular weight excluding hydrogens is 454 g/mol. The number of aryl methyl sites for hydroxylation is 4. The van der Waals surface area contributed by atoms with Gasteiger partial charge in [0.2, 0.25) is 5.91 Å². The van der Waals surface area contributed by atoms with Gasteiger partial charge >= 0.3 is 0 Å². The lowest BCUT2D eigenvalue weighted by Gasteiger charge is -2.12. The molecule has 0 fully saturated rings. The van der Waals surface area contributed by atoms with Gasteiger partial charge in [-0.1, -0.05) is 12.1 Å². The molecule has 2 heterocycles. The van der Waals surface area contributed by atoms with Gasteiger partial charge in [0.1, 0.15) is 28.4 Å². The van der Waals surface area contributed by atoms with Crippen molar-refractivity contribution < 1.29 is 14.3 Å². The highest BCUT2D eigenvalue weighted by Gasteiger charge is 2.19. The summed E-state index contributed by atoms with van der Waals surface area (Å²) in [6.07, 6.45) is 2.42. The van der Waals surface area contributed by atoms with Gasteiger partial charge in [0.15, 0.2) is 5.82 Å². The van der Waals surface area contributed by atoms with Gasteiger partial charge in [-0.2, -0.15) is 0 Å². The number of benzene rings is 2. The fraction of sp³-hybridized carbons (Fsp3) is 0.321. The second kappa shape index (κ2) is 10.7. The van der Waals surface area contributed by atoms with Gasteiger partial charge < -0.3 is 24.7 Å². The fourth-order valence-electron chi connectivity index (χ4n) is 4.55. The third-order valence-corrected chi connectivity index (χ3v) is 6.20. The third kappa shape index (κ3) is 5.27. The van der Waals surface area contributed by atoms with Crippen molar-refractivity contribution in [2.45, 2.75) is 27.2 Å². The maximum absolute atomic E-state index is 12.4. The van der Waals surface area contributed by atoms with E-state index in [-0.39, 0.29) is 5.91 Å². The van der Waals surface area contributed by atoms with E-state index in [0.29, 0.717) is 25.3 Å². The average molecular weight is 488 g/mol. The van der Waals surface area contributed by atoms with Gasteiger partial charge in [-0.3, -0.25) is 4.79 Å². The minimum atomic E-state index is -0.0300. The molecule has 36 heavy (non-hydrogen) atoms. The Balaban J connectivity index is 1.49. The van der Waals surface area contributed by atoms with E-state index in [1.54, 1.807) is 14.2 Å². The minimum Gasteiger partial charge on any atom is -0.497 e. The number of hydrogen-bond acceptors (Lipinski definition) is 6. The first-order chi connectivity index (χ1) is 17.3. The number of carbonyl (C=O) groups is 1. The molecule has 0 bridgehead atoms. The number of fused-ring (bicyclic) bond motifs is 1. The molecular formula is C28H33N5O3. The molecule has 0 aliphatic heterocycles. The first kappa shape index (κ1) is 25.0. The largest absolute Gasteiger partial charge is 0.497 e. The number of ether oxygens (including phenoxy) is 2. The summed E-state index contributed by atoms with van der Waals surface area (Å²) in [6.45, 7) is 7.09. The number of amides is 1. The van der Waals surface area contributed by atoms with E-state index in [0.717, 1.165) is 56.2 Å². The number of carbonyl (C=O) groups excluding carboxylic acids is 1. The van der Waals surface area contributed by atoms with Crippen LogP contribution >= 0.6 is 0 Å². The zero-order chi connectivity index (χ0) is 25.8. The van der Waals surface area contributed by atoms with Crippen LogP contribution in [-0.4, -0.2) is 47.8 Å². The van der Waals surface area contributed by atoms with E-state index >= 15 is 0 Å². The van der Waals surface area contributed by atoms with E-state index in [1.807, 2.05) is 50.4 Å². The molecule has 188 valence electrons. The SMILES string of the molecule is COc1ccc(CC(=O)NCCNc2nc(C)nc3c(-c4c(C)cc(OC)cc4C)cn(C)c23)cc1. The summed E-state index contributed by atoms with van der Waals surface area (Å²) in [7, 11) is 5.31. The third-order valence-electron chi connectivity index (χ3n) is 6.20. The van der Waals surface area contributed by atoms with Crippen molar-refractivity contribution in [1.82, 2.24) is 19.9 Å². The van der Waals surface area contributed by atoms with Gasteiger partial charge in [0, 0.05) is 31.9 Å². The molecule has 8 heteroatoms. The van der Waals surface area contributed by atoms with Crippen LogP contribution in [-0.2, 0) is 18.3 Å². The predicted molar refractivity (Wildman–Crippen MR) is 143 cm³/mol. The second-order valence-electron chi connectivity index (χ2n) is 8.91. The molecule has 0 aliphatic carbocycles. The Morgan fingerprint density at radius 1 is 0.944 bits per heavy atom. The van der Waals surface area contributed by atoms with Crippen molar-refractivity contribution in [2.24, 2.45) is 7.05 Å².